The van der Waals surface area contributed by atoms with E-state index in [2.05, 4.69) is 39.0 Å². The van der Waals surface area contributed by atoms with Crippen LogP contribution in [-0.4, -0.2) is 14.7 Å². The fourth-order valence-electron chi connectivity index (χ4n) is 3.52. The molecule has 1 aliphatic rings. The van der Waals surface area contributed by atoms with Gasteiger partial charge in [0.2, 0.25) is 0 Å². The standard InChI is InChI=1S/C20H19FN4S/c1-2-24-13-5-7-17(24)19-18(16-6-3-4-12-22-16)23-20(26)25(19)15-10-8-14(21)9-11-15/h3-13,18-19H,2H2,1H3,(H,23,26)/t18-,19-/m1/s1. The van der Waals surface area contributed by atoms with Crippen LogP contribution < -0.4 is 10.2 Å². The maximum atomic E-state index is 13.4. The molecule has 4 nitrogen and oxygen atoms in total. The topological polar surface area (TPSA) is 33.1 Å². The normalized spacial score (nSPS) is 19.6. The SMILES string of the molecule is CCn1cccc1[C@@H]1[C@@H](c2ccccn2)NC(=S)N1c1ccc(F)cc1. The van der Waals surface area contributed by atoms with E-state index in [1.54, 1.807) is 18.3 Å². The molecule has 3 heterocycles. The molecule has 0 radical (unpaired) electrons. The summed E-state index contributed by atoms with van der Waals surface area (Å²) in [6.07, 6.45) is 3.85. The van der Waals surface area contributed by atoms with Crippen molar-refractivity contribution in [1.29, 1.82) is 0 Å². The zero-order chi connectivity index (χ0) is 18.1. The maximum absolute atomic E-state index is 13.4. The lowest BCUT2D eigenvalue weighted by molar-refractivity contribution is 0.529. The van der Waals surface area contributed by atoms with Crippen LogP contribution in [0.4, 0.5) is 10.1 Å². The molecule has 0 spiro atoms. The number of halogens is 1. The molecule has 1 aromatic carbocycles. The first-order valence-corrected chi connectivity index (χ1v) is 9.01. The molecule has 6 heteroatoms. The molecule has 1 aliphatic heterocycles. The summed E-state index contributed by atoms with van der Waals surface area (Å²) in [6.45, 7) is 2.97. The number of anilines is 1. The second kappa shape index (κ2) is 6.88. The second-order valence-electron chi connectivity index (χ2n) is 6.19. The van der Waals surface area contributed by atoms with Crippen LogP contribution in [0.25, 0.3) is 0 Å². The highest BCUT2D eigenvalue weighted by molar-refractivity contribution is 7.80. The Morgan fingerprint density at radius 3 is 2.62 bits per heavy atom. The van der Waals surface area contributed by atoms with Gasteiger partial charge in [-0.05, 0) is 67.7 Å². The highest BCUT2D eigenvalue weighted by atomic mass is 32.1. The van der Waals surface area contributed by atoms with Crippen LogP contribution in [0, 0.1) is 5.82 Å². The molecule has 26 heavy (non-hydrogen) atoms. The lowest BCUT2D eigenvalue weighted by Crippen LogP contribution is -2.30. The van der Waals surface area contributed by atoms with Crippen molar-refractivity contribution in [1.82, 2.24) is 14.9 Å². The number of thiocarbonyl (C=S) groups is 1. The van der Waals surface area contributed by atoms with E-state index in [0.717, 1.165) is 23.6 Å². The van der Waals surface area contributed by atoms with Crippen molar-refractivity contribution in [3.05, 3.63) is 84.2 Å². The summed E-state index contributed by atoms with van der Waals surface area (Å²) in [5.41, 5.74) is 2.92. The van der Waals surface area contributed by atoms with Crippen molar-refractivity contribution in [3.8, 4) is 0 Å². The van der Waals surface area contributed by atoms with E-state index < -0.39 is 0 Å². The number of hydrogen-bond acceptors (Lipinski definition) is 2. The first-order chi connectivity index (χ1) is 12.7. The van der Waals surface area contributed by atoms with Gasteiger partial charge in [-0.15, -0.1) is 0 Å². The quantitative estimate of drug-likeness (QED) is 0.701. The van der Waals surface area contributed by atoms with E-state index >= 15 is 0 Å². The first-order valence-electron chi connectivity index (χ1n) is 8.60. The van der Waals surface area contributed by atoms with Gasteiger partial charge in [0.25, 0.3) is 0 Å². The number of rotatable bonds is 4. The molecule has 1 N–H and O–H groups in total. The van der Waals surface area contributed by atoms with Crippen molar-refractivity contribution in [3.63, 3.8) is 0 Å². The Kier molecular flexibility index (Phi) is 4.42. The number of benzene rings is 1. The smallest absolute Gasteiger partial charge is 0.174 e. The number of aromatic nitrogens is 2. The predicted molar refractivity (Wildman–Crippen MR) is 104 cm³/mol. The van der Waals surface area contributed by atoms with E-state index in [4.69, 9.17) is 12.2 Å². The summed E-state index contributed by atoms with van der Waals surface area (Å²) in [4.78, 5) is 6.59. The molecule has 3 aromatic rings. The Hall–Kier alpha value is -2.73. The molecule has 1 fully saturated rings. The lowest BCUT2D eigenvalue weighted by atomic mass is 10.0. The van der Waals surface area contributed by atoms with Crippen molar-refractivity contribution in [2.75, 3.05) is 4.90 Å². The molecule has 2 aromatic heterocycles. The van der Waals surface area contributed by atoms with Gasteiger partial charge >= 0.3 is 0 Å². The van der Waals surface area contributed by atoms with Crippen LogP contribution >= 0.6 is 12.2 Å². The Morgan fingerprint density at radius 2 is 1.92 bits per heavy atom. The molecule has 0 bridgehead atoms. The number of pyridine rings is 1. The molecule has 2 atom stereocenters. The minimum atomic E-state index is -0.262. The van der Waals surface area contributed by atoms with Gasteiger partial charge in [0.05, 0.1) is 11.7 Å². The van der Waals surface area contributed by atoms with E-state index in [1.165, 1.54) is 12.1 Å². The van der Waals surface area contributed by atoms with E-state index in [-0.39, 0.29) is 17.9 Å². The molecule has 0 amide bonds. The Morgan fingerprint density at radius 1 is 1.12 bits per heavy atom. The van der Waals surface area contributed by atoms with E-state index in [9.17, 15) is 4.39 Å². The second-order valence-corrected chi connectivity index (χ2v) is 6.58. The summed E-state index contributed by atoms with van der Waals surface area (Å²) in [5, 5.41) is 4.02. The van der Waals surface area contributed by atoms with Gasteiger partial charge in [0.15, 0.2) is 5.11 Å². The Balaban J connectivity index is 1.84. The van der Waals surface area contributed by atoms with Crippen molar-refractivity contribution in [2.45, 2.75) is 25.6 Å². The summed E-state index contributed by atoms with van der Waals surface area (Å²) in [6, 6.07) is 16.3. The molecule has 1 saturated heterocycles. The van der Waals surface area contributed by atoms with Crippen molar-refractivity contribution in [2.24, 2.45) is 0 Å². The van der Waals surface area contributed by atoms with Gasteiger partial charge in [-0.25, -0.2) is 4.39 Å². The minimum Gasteiger partial charge on any atom is -0.351 e. The fourth-order valence-corrected chi connectivity index (χ4v) is 3.86. The molecule has 0 unspecified atom stereocenters. The molecule has 132 valence electrons. The first kappa shape index (κ1) is 16.7. The van der Waals surface area contributed by atoms with Crippen LogP contribution in [0.1, 0.15) is 30.4 Å². The number of hydrogen-bond donors (Lipinski definition) is 1. The third-order valence-electron chi connectivity index (χ3n) is 4.71. The zero-order valence-corrected chi connectivity index (χ0v) is 15.2. The van der Waals surface area contributed by atoms with Gasteiger partial charge in [-0.2, -0.15) is 0 Å². The Bertz CT molecular complexity index is 907. The van der Waals surface area contributed by atoms with Gasteiger partial charge in [-0.1, -0.05) is 6.07 Å². The van der Waals surface area contributed by atoms with Gasteiger partial charge in [0.1, 0.15) is 11.9 Å². The lowest BCUT2D eigenvalue weighted by Gasteiger charge is -2.28. The number of aryl methyl sites for hydroxylation is 1. The fraction of sp³-hybridized carbons (Fsp3) is 0.200. The van der Waals surface area contributed by atoms with Gasteiger partial charge < -0.3 is 14.8 Å². The van der Waals surface area contributed by atoms with Crippen LogP contribution in [0.5, 0.6) is 0 Å². The van der Waals surface area contributed by atoms with Crippen molar-refractivity contribution < 1.29 is 4.39 Å². The van der Waals surface area contributed by atoms with Crippen LogP contribution in [-0.2, 0) is 6.54 Å². The molecular weight excluding hydrogens is 347 g/mol. The van der Waals surface area contributed by atoms with Crippen LogP contribution in [0.3, 0.4) is 0 Å². The largest absolute Gasteiger partial charge is 0.351 e. The summed E-state index contributed by atoms with van der Waals surface area (Å²) < 4.78 is 15.6. The summed E-state index contributed by atoms with van der Waals surface area (Å²) >= 11 is 5.65. The highest BCUT2D eigenvalue weighted by Gasteiger charge is 2.41. The average Bonchev–Trinajstić information content (AvgIpc) is 3.27. The summed E-state index contributed by atoms with van der Waals surface area (Å²) in [5.74, 6) is -0.262. The summed E-state index contributed by atoms with van der Waals surface area (Å²) in [7, 11) is 0. The monoisotopic (exact) mass is 366 g/mol. The third-order valence-corrected chi connectivity index (χ3v) is 5.03. The van der Waals surface area contributed by atoms with Crippen LogP contribution in [0.15, 0.2) is 67.0 Å². The number of nitrogens with one attached hydrogen (secondary N) is 1. The maximum Gasteiger partial charge on any atom is 0.174 e. The predicted octanol–water partition coefficient (Wildman–Crippen LogP) is 4.22. The Labute approximate surface area is 157 Å². The zero-order valence-electron chi connectivity index (χ0n) is 14.3. The van der Waals surface area contributed by atoms with Gasteiger partial charge in [-0.3, -0.25) is 4.98 Å². The molecule has 0 aliphatic carbocycles. The third kappa shape index (κ3) is 2.86. The highest BCUT2D eigenvalue weighted by Crippen LogP contribution is 2.41. The molecule has 0 saturated carbocycles. The van der Waals surface area contributed by atoms with E-state index in [1.807, 2.05) is 24.3 Å². The van der Waals surface area contributed by atoms with Gasteiger partial charge in [0, 0.05) is 30.3 Å². The molecule has 4 rings (SSSR count). The van der Waals surface area contributed by atoms with E-state index in [0.29, 0.717) is 5.11 Å². The number of nitrogens with zero attached hydrogens (tertiary/aromatic N) is 3. The average molecular weight is 366 g/mol. The van der Waals surface area contributed by atoms with Crippen molar-refractivity contribution >= 4 is 23.0 Å². The minimum absolute atomic E-state index is 0.0715. The molecular formula is C20H19FN4S. The van der Waals surface area contributed by atoms with Crippen LogP contribution in [0.2, 0.25) is 0 Å².